The molecule has 84 valence electrons. The largest absolute Gasteiger partial charge is 0.312 e. The molecule has 2 aromatic heterocycles. The highest BCUT2D eigenvalue weighted by atomic mass is 16.1. The van der Waals surface area contributed by atoms with Gasteiger partial charge in [0.05, 0.1) is 17.7 Å². The maximum absolute atomic E-state index is 11.7. The Morgan fingerprint density at radius 2 is 2.00 bits per heavy atom. The van der Waals surface area contributed by atoms with Crippen molar-refractivity contribution in [2.75, 3.05) is 0 Å². The predicted octanol–water partition coefficient (Wildman–Crippen LogP) is 1.42. The second kappa shape index (κ2) is 3.55. The van der Waals surface area contributed by atoms with E-state index in [4.69, 9.17) is 0 Å². The standard InChI is InChI=1S/C12H10N4O/c1-8-10-11(13-7-14-12(10)17)16(15-8)9-5-3-2-4-6-9/h2-7H,1H3,(H,13,14,17). The van der Waals surface area contributed by atoms with E-state index in [-0.39, 0.29) is 5.56 Å². The summed E-state index contributed by atoms with van der Waals surface area (Å²) in [5.74, 6) is 0. The van der Waals surface area contributed by atoms with E-state index in [1.54, 1.807) is 11.6 Å². The van der Waals surface area contributed by atoms with Crippen LogP contribution in [-0.2, 0) is 0 Å². The Morgan fingerprint density at radius 1 is 1.24 bits per heavy atom. The van der Waals surface area contributed by atoms with Crippen LogP contribution in [0.3, 0.4) is 0 Å². The van der Waals surface area contributed by atoms with Crippen LogP contribution in [0, 0.1) is 6.92 Å². The van der Waals surface area contributed by atoms with Crippen LogP contribution in [0.1, 0.15) is 5.69 Å². The number of hydrogen-bond donors (Lipinski definition) is 1. The SMILES string of the molecule is Cc1nn(-c2ccccc2)c2nc[nH]c(=O)c12. The van der Waals surface area contributed by atoms with Gasteiger partial charge in [0.2, 0.25) is 0 Å². The summed E-state index contributed by atoms with van der Waals surface area (Å²) in [5.41, 5.74) is 1.99. The first-order valence-electron chi connectivity index (χ1n) is 5.26. The Kier molecular flexibility index (Phi) is 2.04. The Balaban J connectivity index is 2.40. The van der Waals surface area contributed by atoms with Crippen molar-refractivity contribution >= 4 is 11.0 Å². The van der Waals surface area contributed by atoms with Crippen LogP contribution in [-0.4, -0.2) is 19.7 Å². The molecule has 0 saturated carbocycles. The number of aryl methyl sites for hydroxylation is 1. The van der Waals surface area contributed by atoms with Crippen LogP contribution in [0.15, 0.2) is 41.5 Å². The number of rotatable bonds is 1. The zero-order chi connectivity index (χ0) is 11.8. The van der Waals surface area contributed by atoms with Gasteiger partial charge in [0.15, 0.2) is 5.65 Å². The molecule has 0 bridgehead atoms. The van der Waals surface area contributed by atoms with E-state index in [2.05, 4.69) is 15.1 Å². The highest BCUT2D eigenvalue weighted by Crippen LogP contribution is 2.15. The molecular weight excluding hydrogens is 216 g/mol. The number of hydrogen-bond acceptors (Lipinski definition) is 3. The summed E-state index contributed by atoms with van der Waals surface area (Å²) in [6, 6.07) is 9.63. The molecule has 3 rings (SSSR count). The van der Waals surface area contributed by atoms with E-state index < -0.39 is 0 Å². The fraction of sp³-hybridized carbons (Fsp3) is 0.0833. The van der Waals surface area contributed by atoms with Gasteiger partial charge in [-0.05, 0) is 19.1 Å². The molecule has 5 heteroatoms. The minimum absolute atomic E-state index is 0.158. The quantitative estimate of drug-likeness (QED) is 0.682. The van der Waals surface area contributed by atoms with Crippen LogP contribution < -0.4 is 5.56 Å². The van der Waals surface area contributed by atoms with Gasteiger partial charge in [-0.2, -0.15) is 5.10 Å². The van der Waals surface area contributed by atoms with Crippen molar-refractivity contribution in [1.82, 2.24) is 19.7 Å². The number of para-hydroxylation sites is 1. The number of aromatic nitrogens is 4. The lowest BCUT2D eigenvalue weighted by Gasteiger charge is -2.00. The van der Waals surface area contributed by atoms with E-state index >= 15 is 0 Å². The lowest BCUT2D eigenvalue weighted by Crippen LogP contribution is -2.07. The Labute approximate surface area is 96.7 Å². The van der Waals surface area contributed by atoms with Crippen LogP contribution in [0.25, 0.3) is 16.7 Å². The molecule has 3 aromatic rings. The first kappa shape index (κ1) is 9.77. The monoisotopic (exact) mass is 226 g/mol. The van der Waals surface area contributed by atoms with Gasteiger partial charge in [-0.3, -0.25) is 4.79 Å². The van der Waals surface area contributed by atoms with Crippen molar-refractivity contribution in [2.45, 2.75) is 6.92 Å². The maximum atomic E-state index is 11.7. The van der Waals surface area contributed by atoms with E-state index in [1.165, 1.54) is 6.33 Å². The van der Waals surface area contributed by atoms with Gasteiger partial charge in [-0.15, -0.1) is 0 Å². The lowest BCUT2D eigenvalue weighted by atomic mass is 10.3. The summed E-state index contributed by atoms with van der Waals surface area (Å²) in [7, 11) is 0. The topological polar surface area (TPSA) is 63.6 Å². The summed E-state index contributed by atoms with van der Waals surface area (Å²) >= 11 is 0. The molecule has 0 atom stereocenters. The molecule has 0 aliphatic heterocycles. The summed E-state index contributed by atoms with van der Waals surface area (Å²) in [6.45, 7) is 1.80. The van der Waals surface area contributed by atoms with Crippen molar-refractivity contribution in [2.24, 2.45) is 0 Å². The molecule has 0 fully saturated rings. The van der Waals surface area contributed by atoms with E-state index in [1.807, 2.05) is 30.3 Å². The Bertz CT molecular complexity index is 727. The van der Waals surface area contributed by atoms with E-state index in [0.717, 1.165) is 5.69 Å². The Hall–Kier alpha value is -2.43. The number of nitrogens with zero attached hydrogens (tertiary/aromatic N) is 3. The molecule has 1 aromatic carbocycles. The normalized spacial score (nSPS) is 10.9. The van der Waals surface area contributed by atoms with Crippen LogP contribution in [0.5, 0.6) is 0 Å². The average molecular weight is 226 g/mol. The molecule has 0 aliphatic rings. The van der Waals surface area contributed by atoms with Crippen molar-refractivity contribution < 1.29 is 0 Å². The van der Waals surface area contributed by atoms with Gasteiger partial charge in [0.1, 0.15) is 5.39 Å². The lowest BCUT2D eigenvalue weighted by molar-refractivity contribution is 0.876. The third kappa shape index (κ3) is 1.44. The molecule has 2 heterocycles. The summed E-state index contributed by atoms with van der Waals surface area (Å²) in [4.78, 5) is 18.4. The third-order valence-electron chi connectivity index (χ3n) is 2.65. The zero-order valence-corrected chi connectivity index (χ0v) is 9.21. The summed E-state index contributed by atoms with van der Waals surface area (Å²) < 4.78 is 1.68. The van der Waals surface area contributed by atoms with Gasteiger partial charge >= 0.3 is 0 Å². The fourth-order valence-corrected chi connectivity index (χ4v) is 1.87. The van der Waals surface area contributed by atoms with E-state index in [0.29, 0.717) is 16.7 Å². The van der Waals surface area contributed by atoms with Gasteiger partial charge in [0, 0.05) is 0 Å². The molecule has 1 N–H and O–H groups in total. The minimum atomic E-state index is -0.158. The molecule has 17 heavy (non-hydrogen) atoms. The zero-order valence-electron chi connectivity index (χ0n) is 9.21. The smallest absolute Gasteiger partial charge is 0.262 e. The van der Waals surface area contributed by atoms with Gasteiger partial charge in [-0.1, -0.05) is 18.2 Å². The average Bonchev–Trinajstić information content (AvgIpc) is 2.69. The van der Waals surface area contributed by atoms with Gasteiger partial charge < -0.3 is 4.98 Å². The molecule has 5 nitrogen and oxygen atoms in total. The van der Waals surface area contributed by atoms with Crippen molar-refractivity contribution in [3.8, 4) is 5.69 Å². The molecule has 0 saturated heterocycles. The van der Waals surface area contributed by atoms with Crippen LogP contribution in [0.2, 0.25) is 0 Å². The molecule has 0 spiro atoms. The number of aromatic amines is 1. The second-order valence-electron chi connectivity index (χ2n) is 3.76. The van der Waals surface area contributed by atoms with Gasteiger partial charge in [0.25, 0.3) is 5.56 Å². The molecule has 0 aliphatic carbocycles. The summed E-state index contributed by atoms with van der Waals surface area (Å²) in [6.07, 6.45) is 1.39. The first-order chi connectivity index (χ1) is 8.27. The molecular formula is C12H10N4O. The number of benzene rings is 1. The molecule has 0 unspecified atom stereocenters. The Morgan fingerprint density at radius 3 is 2.76 bits per heavy atom. The minimum Gasteiger partial charge on any atom is -0.312 e. The number of nitrogens with one attached hydrogen (secondary N) is 1. The first-order valence-corrected chi connectivity index (χ1v) is 5.26. The van der Waals surface area contributed by atoms with Crippen molar-refractivity contribution in [1.29, 1.82) is 0 Å². The molecule has 0 radical (unpaired) electrons. The number of fused-ring (bicyclic) bond motifs is 1. The molecule has 0 amide bonds. The second-order valence-corrected chi connectivity index (χ2v) is 3.76. The number of H-pyrrole nitrogens is 1. The van der Waals surface area contributed by atoms with Crippen molar-refractivity contribution in [3.63, 3.8) is 0 Å². The summed E-state index contributed by atoms with van der Waals surface area (Å²) in [5, 5.41) is 4.89. The maximum Gasteiger partial charge on any atom is 0.262 e. The van der Waals surface area contributed by atoms with Gasteiger partial charge in [-0.25, -0.2) is 9.67 Å². The third-order valence-corrected chi connectivity index (χ3v) is 2.65. The van der Waals surface area contributed by atoms with E-state index in [9.17, 15) is 4.79 Å². The highest BCUT2D eigenvalue weighted by Gasteiger charge is 2.12. The highest BCUT2D eigenvalue weighted by molar-refractivity contribution is 5.78. The predicted molar refractivity (Wildman–Crippen MR) is 64.2 cm³/mol. The van der Waals surface area contributed by atoms with Crippen LogP contribution >= 0.6 is 0 Å². The fourth-order valence-electron chi connectivity index (χ4n) is 1.87. The van der Waals surface area contributed by atoms with Crippen molar-refractivity contribution in [3.05, 3.63) is 52.7 Å². The van der Waals surface area contributed by atoms with Crippen LogP contribution in [0.4, 0.5) is 0 Å².